The Morgan fingerprint density at radius 3 is 2.61 bits per heavy atom. The van der Waals surface area contributed by atoms with Crippen LogP contribution < -0.4 is 10.2 Å². The zero-order chi connectivity index (χ0) is 13.1. The Labute approximate surface area is 111 Å². The summed E-state index contributed by atoms with van der Waals surface area (Å²) < 4.78 is 0. The van der Waals surface area contributed by atoms with E-state index < -0.39 is 12.0 Å². The molecule has 2 rings (SSSR count). The molecule has 98 valence electrons. The molecule has 2 N–H and O–H groups in total. The van der Waals surface area contributed by atoms with Crippen LogP contribution >= 0.6 is 11.8 Å². The Bertz CT molecular complexity index is 420. The molecule has 1 aromatic rings. The minimum Gasteiger partial charge on any atom is -0.480 e. The van der Waals surface area contributed by atoms with Crippen molar-refractivity contribution in [2.24, 2.45) is 0 Å². The van der Waals surface area contributed by atoms with Crippen molar-refractivity contribution in [2.45, 2.75) is 17.8 Å². The fraction of sp³-hybridized carbons (Fsp3) is 0.462. The molecule has 18 heavy (non-hydrogen) atoms. The zero-order valence-electron chi connectivity index (χ0n) is 10.6. The van der Waals surface area contributed by atoms with Gasteiger partial charge in [0.25, 0.3) is 0 Å². The van der Waals surface area contributed by atoms with Gasteiger partial charge in [0.1, 0.15) is 6.04 Å². The van der Waals surface area contributed by atoms with E-state index in [9.17, 15) is 4.79 Å². The van der Waals surface area contributed by atoms with E-state index >= 15 is 0 Å². The van der Waals surface area contributed by atoms with Crippen molar-refractivity contribution in [1.29, 1.82) is 0 Å². The van der Waals surface area contributed by atoms with Gasteiger partial charge in [-0.1, -0.05) is 12.1 Å². The second kappa shape index (κ2) is 5.63. The number of hydrogen-bond acceptors (Lipinski definition) is 4. The van der Waals surface area contributed by atoms with Crippen LogP contribution in [0.3, 0.4) is 0 Å². The van der Waals surface area contributed by atoms with E-state index in [0.29, 0.717) is 6.42 Å². The predicted octanol–water partition coefficient (Wildman–Crippen LogP) is 1.93. The van der Waals surface area contributed by atoms with Crippen molar-refractivity contribution in [3.8, 4) is 0 Å². The molecule has 0 bridgehead atoms. The molecule has 0 aromatic heterocycles. The molecule has 0 radical (unpaired) electrons. The first-order chi connectivity index (χ1) is 8.58. The third kappa shape index (κ3) is 2.97. The van der Waals surface area contributed by atoms with E-state index in [1.54, 1.807) is 11.8 Å². The van der Waals surface area contributed by atoms with Crippen LogP contribution in [0.25, 0.3) is 0 Å². The number of carbonyl (C=O) groups is 1. The maximum Gasteiger partial charge on any atom is 0.320 e. The summed E-state index contributed by atoms with van der Waals surface area (Å²) in [5, 5.41) is 12.3. The summed E-state index contributed by atoms with van der Waals surface area (Å²) in [4.78, 5) is 13.0. The fourth-order valence-electron chi connectivity index (χ4n) is 1.95. The van der Waals surface area contributed by atoms with Crippen LogP contribution in [-0.2, 0) is 4.79 Å². The molecule has 2 atom stereocenters. The van der Waals surface area contributed by atoms with Gasteiger partial charge in [-0.2, -0.15) is 0 Å². The van der Waals surface area contributed by atoms with Gasteiger partial charge in [0, 0.05) is 19.8 Å². The number of carboxylic acids is 1. The Morgan fingerprint density at radius 2 is 2.06 bits per heavy atom. The maximum atomic E-state index is 11.0. The Balaban J connectivity index is 2.09. The lowest BCUT2D eigenvalue weighted by molar-refractivity contribution is -0.139. The molecule has 2 unspecified atom stereocenters. The van der Waals surface area contributed by atoms with Crippen LogP contribution in [0.1, 0.15) is 17.4 Å². The molecule has 4 nitrogen and oxygen atoms in total. The van der Waals surface area contributed by atoms with Gasteiger partial charge in [-0.3, -0.25) is 10.1 Å². The van der Waals surface area contributed by atoms with Gasteiger partial charge < -0.3 is 10.0 Å². The van der Waals surface area contributed by atoms with E-state index in [4.69, 9.17) is 5.11 Å². The van der Waals surface area contributed by atoms with E-state index in [0.717, 1.165) is 17.0 Å². The zero-order valence-corrected chi connectivity index (χ0v) is 11.4. The standard InChI is InChI=1S/C13H18N2O2S/c1-15(2)10-5-3-9(4-6-10)12-14-11(13(16)17)7-8-18-12/h3-6,11-12,14H,7-8H2,1-2H3,(H,16,17). The van der Waals surface area contributed by atoms with E-state index in [-0.39, 0.29) is 5.37 Å². The third-order valence-corrected chi connectivity index (χ3v) is 4.27. The monoisotopic (exact) mass is 266 g/mol. The third-order valence-electron chi connectivity index (χ3n) is 3.05. The molecule has 1 aliphatic heterocycles. The highest BCUT2D eigenvalue weighted by molar-refractivity contribution is 7.99. The first kappa shape index (κ1) is 13.2. The number of hydrogen-bond donors (Lipinski definition) is 2. The van der Waals surface area contributed by atoms with Crippen molar-refractivity contribution >= 4 is 23.4 Å². The molecule has 1 saturated heterocycles. The molecule has 1 aromatic carbocycles. The summed E-state index contributed by atoms with van der Waals surface area (Å²) >= 11 is 1.76. The van der Waals surface area contributed by atoms with Gasteiger partial charge in [-0.25, -0.2) is 0 Å². The molecular formula is C13H18N2O2S. The molecular weight excluding hydrogens is 248 g/mol. The van der Waals surface area contributed by atoms with Crippen LogP contribution in [0.4, 0.5) is 5.69 Å². The number of benzene rings is 1. The van der Waals surface area contributed by atoms with E-state index in [1.807, 2.05) is 19.0 Å². The molecule has 1 aliphatic rings. The molecule has 0 spiro atoms. The average Bonchev–Trinajstić information content (AvgIpc) is 2.39. The lowest BCUT2D eigenvalue weighted by Gasteiger charge is -2.28. The summed E-state index contributed by atoms with van der Waals surface area (Å²) in [6, 6.07) is 7.81. The number of aliphatic carboxylic acids is 1. The highest BCUT2D eigenvalue weighted by Crippen LogP contribution is 2.32. The first-order valence-electron chi connectivity index (χ1n) is 5.95. The highest BCUT2D eigenvalue weighted by Gasteiger charge is 2.27. The number of carboxylic acid groups (broad SMARTS) is 1. The van der Waals surface area contributed by atoms with Crippen LogP contribution in [0.2, 0.25) is 0 Å². The van der Waals surface area contributed by atoms with Crippen LogP contribution in [0.15, 0.2) is 24.3 Å². The van der Waals surface area contributed by atoms with Gasteiger partial charge >= 0.3 is 5.97 Å². The summed E-state index contributed by atoms with van der Waals surface area (Å²) in [6.45, 7) is 0. The first-order valence-corrected chi connectivity index (χ1v) is 7.00. The van der Waals surface area contributed by atoms with Crippen LogP contribution in [0.5, 0.6) is 0 Å². The number of nitrogens with one attached hydrogen (secondary N) is 1. The van der Waals surface area contributed by atoms with Crippen LogP contribution in [0, 0.1) is 0 Å². The SMILES string of the molecule is CN(C)c1ccc(C2NC(C(=O)O)CCS2)cc1. The number of thioether (sulfide) groups is 1. The lowest BCUT2D eigenvalue weighted by atomic mass is 10.1. The quantitative estimate of drug-likeness (QED) is 0.875. The minimum absolute atomic E-state index is 0.0797. The Kier molecular flexibility index (Phi) is 4.14. The molecule has 0 saturated carbocycles. The minimum atomic E-state index is -0.759. The molecule has 0 amide bonds. The summed E-state index contributed by atoms with van der Waals surface area (Å²) in [5.74, 6) is 0.120. The van der Waals surface area contributed by atoms with Gasteiger partial charge in [-0.05, 0) is 29.9 Å². The second-order valence-electron chi connectivity index (χ2n) is 4.58. The van der Waals surface area contributed by atoms with Gasteiger partial charge in [0.05, 0.1) is 5.37 Å². The topological polar surface area (TPSA) is 52.6 Å². The van der Waals surface area contributed by atoms with Crippen molar-refractivity contribution < 1.29 is 9.90 Å². The van der Waals surface area contributed by atoms with E-state index in [1.165, 1.54) is 0 Å². The van der Waals surface area contributed by atoms with Crippen LogP contribution in [-0.4, -0.2) is 37.0 Å². The van der Waals surface area contributed by atoms with Crippen molar-refractivity contribution in [2.75, 3.05) is 24.7 Å². The predicted molar refractivity (Wildman–Crippen MR) is 75.1 cm³/mol. The van der Waals surface area contributed by atoms with Crippen molar-refractivity contribution in [3.63, 3.8) is 0 Å². The molecule has 1 fully saturated rings. The highest BCUT2D eigenvalue weighted by atomic mass is 32.2. The van der Waals surface area contributed by atoms with E-state index in [2.05, 4.69) is 29.6 Å². The summed E-state index contributed by atoms with van der Waals surface area (Å²) in [7, 11) is 4.01. The number of nitrogens with zero attached hydrogens (tertiary/aromatic N) is 1. The fourth-order valence-corrected chi connectivity index (χ4v) is 3.17. The molecule has 1 heterocycles. The summed E-state index contributed by atoms with van der Waals surface area (Å²) in [5.41, 5.74) is 2.28. The smallest absolute Gasteiger partial charge is 0.320 e. The maximum absolute atomic E-state index is 11.0. The molecule has 5 heteroatoms. The number of rotatable bonds is 3. The normalized spacial score (nSPS) is 23.7. The van der Waals surface area contributed by atoms with Gasteiger partial charge in [-0.15, -0.1) is 11.8 Å². The largest absolute Gasteiger partial charge is 0.480 e. The van der Waals surface area contributed by atoms with Crippen molar-refractivity contribution in [1.82, 2.24) is 5.32 Å². The molecule has 0 aliphatic carbocycles. The van der Waals surface area contributed by atoms with Crippen molar-refractivity contribution in [3.05, 3.63) is 29.8 Å². The second-order valence-corrected chi connectivity index (χ2v) is 5.80. The Hall–Kier alpha value is -1.20. The number of anilines is 1. The van der Waals surface area contributed by atoms with Gasteiger partial charge in [0.2, 0.25) is 0 Å². The summed E-state index contributed by atoms with van der Waals surface area (Å²) in [6.07, 6.45) is 0.687. The van der Waals surface area contributed by atoms with Gasteiger partial charge in [0.15, 0.2) is 0 Å². The average molecular weight is 266 g/mol. The lowest BCUT2D eigenvalue weighted by Crippen LogP contribution is -2.41. The Morgan fingerprint density at radius 1 is 1.39 bits per heavy atom.